The second-order valence-corrected chi connectivity index (χ2v) is 5.71. The molecule has 132 valence electrons. The van der Waals surface area contributed by atoms with E-state index in [2.05, 4.69) is 10.6 Å². The van der Waals surface area contributed by atoms with Gasteiger partial charge in [0.05, 0.1) is 6.04 Å². The summed E-state index contributed by atoms with van der Waals surface area (Å²) in [6.07, 6.45) is 0.423. The van der Waals surface area contributed by atoms with Gasteiger partial charge in [-0.15, -0.1) is 0 Å². The predicted octanol–water partition coefficient (Wildman–Crippen LogP) is 3.48. The molecule has 0 fully saturated rings. The molecule has 0 radical (unpaired) electrons. The Labute approximate surface area is 145 Å². The quantitative estimate of drug-likeness (QED) is 0.841. The lowest BCUT2D eigenvalue weighted by atomic mass is 10.0. The van der Waals surface area contributed by atoms with Gasteiger partial charge in [-0.05, 0) is 42.3 Å². The lowest BCUT2D eigenvalue weighted by Crippen LogP contribution is -2.29. The molecule has 4 nitrogen and oxygen atoms in total. The van der Waals surface area contributed by atoms with Gasteiger partial charge in [-0.25, -0.2) is 8.78 Å². The van der Waals surface area contributed by atoms with Crippen molar-refractivity contribution < 1.29 is 18.4 Å². The minimum atomic E-state index is -0.623. The number of nitrogens with one attached hydrogen (secondary N) is 2. The molecule has 0 aromatic heterocycles. The van der Waals surface area contributed by atoms with Crippen LogP contribution in [0.2, 0.25) is 0 Å². The van der Waals surface area contributed by atoms with E-state index in [-0.39, 0.29) is 17.4 Å². The maximum absolute atomic E-state index is 13.9. The van der Waals surface area contributed by atoms with Crippen molar-refractivity contribution in [2.75, 3.05) is 0 Å². The zero-order valence-corrected chi connectivity index (χ0v) is 14.1. The van der Waals surface area contributed by atoms with Crippen LogP contribution in [0.1, 0.15) is 47.8 Å². The molecule has 2 amide bonds. The minimum Gasteiger partial charge on any atom is -0.352 e. The summed E-state index contributed by atoms with van der Waals surface area (Å²) in [7, 11) is 0. The van der Waals surface area contributed by atoms with Crippen LogP contribution in [0.3, 0.4) is 0 Å². The van der Waals surface area contributed by atoms with Crippen LogP contribution in [0.5, 0.6) is 0 Å². The molecule has 2 rings (SSSR count). The number of hydrogen-bond donors (Lipinski definition) is 2. The third-order valence-corrected chi connectivity index (χ3v) is 3.80. The first-order valence-electron chi connectivity index (χ1n) is 8.00. The number of amides is 2. The number of hydrogen-bond acceptors (Lipinski definition) is 2. The second kappa shape index (κ2) is 8.37. The van der Waals surface area contributed by atoms with E-state index in [1.165, 1.54) is 6.92 Å². The van der Waals surface area contributed by atoms with E-state index in [4.69, 9.17) is 0 Å². The summed E-state index contributed by atoms with van der Waals surface area (Å²) in [5, 5.41) is 5.39. The van der Waals surface area contributed by atoms with E-state index < -0.39 is 17.7 Å². The Bertz CT molecular complexity index is 761. The Kier molecular flexibility index (Phi) is 6.22. The van der Waals surface area contributed by atoms with E-state index in [0.29, 0.717) is 18.5 Å². The van der Waals surface area contributed by atoms with Crippen LogP contribution < -0.4 is 10.6 Å². The molecule has 0 bridgehead atoms. The number of rotatable bonds is 6. The molecular weight excluding hydrogens is 326 g/mol. The molecule has 0 aliphatic heterocycles. The Hall–Kier alpha value is -2.76. The standard InChI is InChI=1S/C19H20F2N2O2/c1-3-18(16-10-15(20)8-9-17(16)21)23-19(25)14-6-4-13(5-7-14)11-22-12(2)24/h4-10,18H,3,11H2,1-2H3,(H,22,24)(H,23,25)/t18-/m0/s1. The van der Waals surface area contributed by atoms with Crippen LogP contribution in [-0.2, 0) is 11.3 Å². The summed E-state index contributed by atoms with van der Waals surface area (Å²) in [6.45, 7) is 3.59. The molecule has 0 heterocycles. The molecule has 2 aromatic rings. The van der Waals surface area contributed by atoms with E-state index >= 15 is 0 Å². The Morgan fingerprint density at radius 2 is 1.76 bits per heavy atom. The van der Waals surface area contributed by atoms with Crippen molar-refractivity contribution >= 4 is 11.8 Å². The van der Waals surface area contributed by atoms with Gasteiger partial charge in [0, 0.05) is 24.6 Å². The Morgan fingerprint density at radius 3 is 2.36 bits per heavy atom. The second-order valence-electron chi connectivity index (χ2n) is 5.71. The largest absolute Gasteiger partial charge is 0.352 e. The lowest BCUT2D eigenvalue weighted by molar-refractivity contribution is -0.119. The van der Waals surface area contributed by atoms with Gasteiger partial charge in [-0.3, -0.25) is 9.59 Å². The molecule has 0 saturated carbocycles. The number of halogens is 2. The van der Waals surface area contributed by atoms with Gasteiger partial charge in [0.2, 0.25) is 5.91 Å². The minimum absolute atomic E-state index is 0.123. The highest BCUT2D eigenvalue weighted by atomic mass is 19.1. The molecule has 0 spiro atoms. The normalized spacial score (nSPS) is 11.7. The molecule has 2 aromatic carbocycles. The van der Waals surface area contributed by atoms with Crippen LogP contribution >= 0.6 is 0 Å². The third-order valence-electron chi connectivity index (χ3n) is 3.80. The molecule has 6 heteroatoms. The first-order chi connectivity index (χ1) is 11.9. The molecular formula is C19H20F2N2O2. The average Bonchev–Trinajstić information content (AvgIpc) is 2.60. The summed E-state index contributed by atoms with van der Waals surface area (Å²) >= 11 is 0. The highest BCUT2D eigenvalue weighted by Gasteiger charge is 2.18. The first-order valence-corrected chi connectivity index (χ1v) is 8.00. The highest BCUT2D eigenvalue weighted by Crippen LogP contribution is 2.21. The van der Waals surface area contributed by atoms with Gasteiger partial charge in [0.1, 0.15) is 11.6 Å². The first kappa shape index (κ1) is 18.6. The number of carbonyl (C=O) groups is 2. The Balaban J connectivity index is 2.09. The summed E-state index contributed by atoms with van der Waals surface area (Å²) in [5.41, 5.74) is 1.38. The van der Waals surface area contributed by atoms with Gasteiger partial charge < -0.3 is 10.6 Å². The fraction of sp³-hybridized carbons (Fsp3) is 0.263. The molecule has 0 unspecified atom stereocenters. The van der Waals surface area contributed by atoms with E-state index in [1.807, 2.05) is 0 Å². The van der Waals surface area contributed by atoms with Gasteiger partial charge in [0.25, 0.3) is 5.91 Å². The lowest BCUT2D eigenvalue weighted by Gasteiger charge is -2.18. The summed E-state index contributed by atoms with van der Waals surface area (Å²) < 4.78 is 27.3. The highest BCUT2D eigenvalue weighted by molar-refractivity contribution is 5.94. The van der Waals surface area contributed by atoms with Crippen LogP contribution in [0.4, 0.5) is 8.78 Å². The van der Waals surface area contributed by atoms with Gasteiger partial charge >= 0.3 is 0 Å². The van der Waals surface area contributed by atoms with Crippen molar-refractivity contribution in [1.29, 1.82) is 0 Å². The summed E-state index contributed by atoms with van der Waals surface area (Å²) in [4.78, 5) is 23.3. The van der Waals surface area contributed by atoms with Crippen LogP contribution in [0.15, 0.2) is 42.5 Å². The van der Waals surface area contributed by atoms with Crippen molar-refractivity contribution in [3.63, 3.8) is 0 Å². The number of benzene rings is 2. The third kappa shape index (κ3) is 5.11. The molecule has 0 aliphatic carbocycles. The molecule has 0 saturated heterocycles. The maximum Gasteiger partial charge on any atom is 0.251 e. The fourth-order valence-electron chi connectivity index (χ4n) is 2.42. The SMILES string of the molecule is CC[C@H](NC(=O)c1ccc(CNC(C)=O)cc1)c1cc(F)ccc1F. The van der Waals surface area contributed by atoms with Crippen molar-refractivity contribution in [2.24, 2.45) is 0 Å². The molecule has 25 heavy (non-hydrogen) atoms. The fourth-order valence-corrected chi connectivity index (χ4v) is 2.42. The van der Waals surface area contributed by atoms with Crippen LogP contribution in [0.25, 0.3) is 0 Å². The van der Waals surface area contributed by atoms with Gasteiger partial charge in [-0.1, -0.05) is 19.1 Å². The van der Waals surface area contributed by atoms with Crippen LogP contribution in [0, 0.1) is 11.6 Å². The summed E-state index contributed by atoms with van der Waals surface area (Å²) in [6, 6.07) is 9.28. The maximum atomic E-state index is 13.9. The monoisotopic (exact) mass is 346 g/mol. The predicted molar refractivity (Wildman–Crippen MR) is 90.8 cm³/mol. The van der Waals surface area contributed by atoms with E-state index in [1.54, 1.807) is 31.2 Å². The summed E-state index contributed by atoms with van der Waals surface area (Å²) in [5.74, 6) is -1.61. The van der Waals surface area contributed by atoms with Crippen molar-refractivity contribution in [2.45, 2.75) is 32.9 Å². The van der Waals surface area contributed by atoms with Gasteiger partial charge in [-0.2, -0.15) is 0 Å². The van der Waals surface area contributed by atoms with Crippen molar-refractivity contribution in [3.05, 3.63) is 70.8 Å². The van der Waals surface area contributed by atoms with Crippen LogP contribution in [-0.4, -0.2) is 11.8 Å². The van der Waals surface area contributed by atoms with Gasteiger partial charge in [0.15, 0.2) is 0 Å². The molecule has 0 aliphatic rings. The number of carbonyl (C=O) groups excluding carboxylic acids is 2. The zero-order valence-electron chi connectivity index (χ0n) is 14.1. The van der Waals surface area contributed by atoms with Crippen molar-refractivity contribution in [3.8, 4) is 0 Å². The van der Waals surface area contributed by atoms with Crippen molar-refractivity contribution in [1.82, 2.24) is 10.6 Å². The van der Waals surface area contributed by atoms with E-state index in [9.17, 15) is 18.4 Å². The zero-order chi connectivity index (χ0) is 18.4. The Morgan fingerprint density at radius 1 is 1.08 bits per heavy atom. The van der Waals surface area contributed by atoms with E-state index in [0.717, 1.165) is 23.8 Å². The average molecular weight is 346 g/mol. The smallest absolute Gasteiger partial charge is 0.251 e. The topological polar surface area (TPSA) is 58.2 Å². The molecule has 2 N–H and O–H groups in total. The molecule has 1 atom stereocenters.